The van der Waals surface area contributed by atoms with Crippen LogP contribution in [0.1, 0.15) is 10.4 Å². The lowest BCUT2D eigenvalue weighted by atomic mass is 10.2. The van der Waals surface area contributed by atoms with E-state index >= 15 is 0 Å². The minimum absolute atomic E-state index is 0.137. The molecule has 0 saturated carbocycles. The minimum Gasteiger partial charge on any atom is -0.508 e. The van der Waals surface area contributed by atoms with Gasteiger partial charge in [-0.3, -0.25) is 4.98 Å². The molecule has 0 spiro atoms. The van der Waals surface area contributed by atoms with Gasteiger partial charge in [0, 0.05) is 18.9 Å². The van der Waals surface area contributed by atoms with Gasteiger partial charge in [-0.2, -0.15) is 0 Å². The predicted molar refractivity (Wildman–Crippen MR) is 67.4 cm³/mol. The van der Waals surface area contributed by atoms with E-state index < -0.39 is 5.97 Å². The van der Waals surface area contributed by atoms with Crippen molar-refractivity contribution in [3.05, 3.63) is 48.3 Å². The zero-order valence-electron chi connectivity index (χ0n) is 9.74. The van der Waals surface area contributed by atoms with Crippen LogP contribution in [0.3, 0.4) is 0 Å². The van der Waals surface area contributed by atoms with E-state index in [-0.39, 0.29) is 11.3 Å². The van der Waals surface area contributed by atoms with Crippen LogP contribution in [0.25, 0.3) is 0 Å². The average Bonchev–Trinajstić information content (AvgIpc) is 2.39. The molecule has 2 aromatic rings. The molecule has 18 heavy (non-hydrogen) atoms. The fourth-order valence-electron chi connectivity index (χ4n) is 1.55. The van der Waals surface area contributed by atoms with E-state index in [0.29, 0.717) is 5.69 Å². The number of anilines is 2. The Kier molecular flexibility index (Phi) is 3.14. The molecule has 0 saturated heterocycles. The first-order valence-electron chi connectivity index (χ1n) is 5.29. The number of aromatic carboxylic acids is 1. The summed E-state index contributed by atoms with van der Waals surface area (Å²) < 4.78 is 0. The number of rotatable bonds is 3. The van der Waals surface area contributed by atoms with Crippen molar-refractivity contribution < 1.29 is 15.0 Å². The van der Waals surface area contributed by atoms with Gasteiger partial charge in [0.25, 0.3) is 0 Å². The SMILES string of the molecule is CN(c1ccc(O)cc1)c1cncc(C(=O)O)c1. The van der Waals surface area contributed by atoms with Crippen LogP contribution in [-0.2, 0) is 0 Å². The molecule has 5 heteroatoms. The quantitative estimate of drug-likeness (QED) is 0.866. The highest BCUT2D eigenvalue weighted by molar-refractivity contribution is 5.88. The lowest BCUT2D eigenvalue weighted by Crippen LogP contribution is -2.10. The number of hydrogen-bond donors (Lipinski definition) is 2. The molecular weight excluding hydrogens is 232 g/mol. The summed E-state index contributed by atoms with van der Waals surface area (Å²) in [5.41, 5.74) is 1.64. The van der Waals surface area contributed by atoms with E-state index in [2.05, 4.69) is 4.98 Å². The van der Waals surface area contributed by atoms with Crippen LogP contribution in [0.5, 0.6) is 5.75 Å². The summed E-state index contributed by atoms with van der Waals surface area (Å²) in [5, 5.41) is 18.1. The molecule has 0 amide bonds. The van der Waals surface area contributed by atoms with Crippen LogP contribution < -0.4 is 4.90 Å². The number of carboxylic acids is 1. The zero-order valence-corrected chi connectivity index (χ0v) is 9.74. The second-order valence-electron chi connectivity index (χ2n) is 3.81. The highest BCUT2D eigenvalue weighted by Crippen LogP contribution is 2.25. The Bertz CT molecular complexity index is 567. The Morgan fingerprint density at radius 3 is 2.44 bits per heavy atom. The second-order valence-corrected chi connectivity index (χ2v) is 3.81. The fraction of sp³-hybridized carbons (Fsp3) is 0.0769. The first-order chi connectivity index (χ1) is 8.58. The van der Waals surface area contributed by atoms with Crippen molar-refractivity contribution >= 4 is 17.3 Å². The maximum absolute atomic E-state index is 10.9. The third kappa shape index (κ3) is 2.40. The monoisotopic (exact) mass is 244 g/mol. The van der Waals surface area contributed by atoms with Gasteiger partial charge < -0.3 is 15.1 Å². The maximum Gasteiger partial charge on any atom is 0.337 e. The lowest BCUT2D eigenvalue weighted by Gasteiger charge is -2.19. The Morgan fingerprint density at radius 2 is 1.83 bits per heavy atom. The largest absolute Gasteiger partial charge is 0.508 e. The summed E-state index contributed by atoms with van der Waals surface area (Å²) in [7, 11) is 1.80. The maximum atomic E-state index is 10.9. The number of pyridine rings is 1. The molecule has 1 aromatic carbocycles. The van der Waals surface area contributed by atoms with Gasteiger partial charge in [0.05, 0.1) is 17.4 Å². The van der Waals surface area contributed by atoms with Crippen LogP contribution in [0, 0.1) is 0 Å². The van der Waals surface area contributed by atoms with Crippen molar-refractivity contribution in [2.45, 2.75) is 0 Å². The summed E-state index contributed by atoms with van der Waals surface area (Å²) >= 11 is 0. The number of carboxylic acid groups (broad SMARTS) is 1. The molecule has 0 aliphatic carbocycles. The van der Waals surface area contributed by atoms with Crippen LogP contribution in [0.4, 0.5) is 11.4 Å². The van der Waals surface area contributed by atoms with Gasteiger partial charge in [0.1, 0.15) is 5.75 Å². The number of benzene rings is 1. The number of aromatic hydroxyl groups is 1. The number of nitrogens with zero attached hydrogens (tertiary/aromatic N) is 2. The number of hydrogen-bond acceptors (Lipinski definition) is 4. The van der Waals surface area contributed by atoms with Gasteiger partial charge in [0.15, 0.2) is 0 Å². The Labute approximate surface area is 104 Å². The highest BCUT2D eigenvalue weighted by atomic mass is 16.4. The van der Waals surface area contributed by atoms with Crippen molar-refractivity contribution in [2.24, 2.45) is 0 Å². The van der Waals surface area contributed by atoms with E-state index in [1.54, 1.807) is 48.5 Å². The molecular formula is C13H12N2O3. The van der Waals surface area contributed by atoms with Gasteiger partial charge in [-0.05, 0) is 30.3 Å². The highest BCUT2D eigenvalue weighted by Gasteiger charge is 2.08. The van der Waals surface area contributed by atoms with E-state index in [4.69, 9.17) is 5.11 Å². The van der Waals surface area contributed by atoms with Crippen molar-refractivity contribution in [1.82, 2.24) is 4.98 Å². The van der Waals surface area contributed by atoms with Gasteiger partial charge >= 0.3 is 5.97 Å². The molecule has 0 aliphatic rings. The normalized spacial score (nSPS) is 10.1. The number of carbonyl (C=O) groups is 1. The minimum atomic E-state index is -1.01. The molecule has 0 fully saturated rings. The molecule has 0 atom stereocenters. The van der Waals surface area contributed by atoms with Crippen LogP contribution in [-0.4, -0.2) is 28.2 Å². The van der Waals surface area contributed by atoms with Gasteiger partial charge in [-0.1, -0.05) is 0 Å². The molecule has 0 bridgehead atoms. The molecule has 2 rings (SSSR count). The molecule has 0 unspecified atom stereocenters. The third-order valence-electron chi connectivity index (χ3n) is 2.60. The van der Waals surface area contributed by atoms with Crippen LogP contribution in [0.15, 0.2) is 42.7 Å². The smallest absolute Gasteiger partial charge is 0.337 e. The second kappa shape index (κ2) is 4.75. The standard InChI is InChI=1S/C13H12N2O3/c1-15(10-2-4-12(16)5-3-10)11-6-9(13(17)18)7-14-8-11/h2-8,16H,1H3,(H,17,18). The first-order valence-corrected chi connectivity index (χ1v) is 5.29. The predicted octanol–water partition coefficient (Wildman–Crippen LogP) is 2.25. The van der Waals surface area contributed by atoms with Crippen molar-refractivity contribution in [3.8, 4) is 5.75 Å². The fourth-order valence-corrected chi connectivity index (χ4v) is 1.55. The number of phenols is 1. The van der Waals surface area contributed by atoms with Crippen molar-refractivity contribution in [2.75, 3.05) is 11.9 Å². The summed E-state index contributed by atoms with van der Waals surface area (Å²) in [6, 6.07) is 8.16. The Hall–Kier alpha value is -2.56. The van der Waals surface area contributed by atoms with Crippen LogP contribution >= 0.6 is 0 Å². The average molecular weight is 244 g/mol. The summed E-state index contributed by atoms with van der Waals surface area (Å²) in [4.78, 5) is 16.6. The van der Waals surface area contributed by atoms with Gasteiger partial charge in [-0.25, -0.2) is 4.79 Å². The molecule has 5 nitrogen and oxygen atoms in total. The molecule has 2 N–H and O–H groups in total. The van der Waals surface area contributed by atoms with Crippen molar-refractivity contribution in [3.63, 3.8) is 0 Å². The molecule has 1 aromatic heterocycles. The summed E-state index contributed by atoms with van der Waals surface area (Å²) in [6.45, 7) is 0. The van der Waals surface area contributed by atoms with E-state index in [9.17, 15) is 9.90 Å². The van der Waals surface area contributed by atoms with Crippen molar-refractivity contribution in [1.29, 1.82) is 0 Å². The lowest BCUT2D eigenvalue weighted by molar-refractivity contribution is 0.0696. The molecule has 0 radical (unpaired) electrons. The van der Waals surface area contributed by atoms with E-state index in [1.807, 2.05) is 0 Å². The molecule has 1 heterocycles. The number of aromatic nitrogens is 1. The van der Waals surface area contributed by atoms with Crippen LogP contribution in [0.2, 0.25) is 0 Å². The third-order valence-corrected chi connectivity index (χ3v) is 2.60. The number of phenolic OH excluding ortho intramolecular Hbond substituents is 1. The summed E-state index contributed by atoms with van der Waals surface area (Å²) in [5.74, 6) is -0.826. The zero-order chi connectivity index (χ0) is 13.1. The van der Waals surface area contributed by atoms with Gasteiger partial charge in [-0.15, -0.1) is 0 Å². The van der Waals surface area contributed by atoms with E-state index in [1.165, 1.54) is 6.20 Å². The Balaban J connectivity index is 2.33. The first kappa shape index (κ1) is 11.9. The summed E-state index contributed by atoms with van der Waals surface area (Å²) in [6.07, 6.45) is 2.88. The molecule has 92 valence electrons. The van der Waals surface area contributed by atoms with Gasteiger partial charge in [0.2, 0.25) is 0 Å². The Morgan fingerprint density at radius 1 is 1.17 bits per heavy atom. The topological polar surface area (TPSA) is 73.7 Å². The molecule has 0 aliphatic heterocycles. The van der Waals surface area contributed by atoms with E-state index in [0.717, 1.165) is 5.69 Å².